The van der Waals surface area contributed by atoms with Crippen molar-refractivity contribution >= 4 is 29.2 Å². The SMILES string of the molecule is CC(C)C(C)(CC(=O)Nc1ccc(Cl)cc1F)C(=O)O. The normalized spacial score (nSPS) is 13.9. The van der Waals surface area contributed by atoms with Gasteiger partial charge in [0.25, 0.3) is 0 Å². The van der Waals surface area contributed by atoms with Crippen LogP contribution in [0.1, 0.15) is 27.2 Å². The molecule has 1 aromatic carbocycles. The van der Waals surface area contributed by atoms with E-state index in [-0.39, 0.29) is 23.0 Å². The maximum atomic E-state index is 13.5. The van der Waals surface area contributed by atoms with E-state index in [9.17, 15) is 19.1 Å². The van der Waals surface area contributed by atoms with Gasteiger partial charge in [0.05, 0.1) is 11.1 Å². The third kappa shape index (κ3) is 3.70. The number of carbonyl (C=O) groups excluding carboxylic acids is 1. The van der Waals surface area contributed by atoms with Crippen molar-refractivity contribution in [1.82, 2.24) is 0 Å². The van der Waals surface area contributed by atoms with Gasteiger partial charge in [-0.15, -0.1) is 0 Å². The zero-order valence-corrected chi connectivity index (χ0v) is 12.3. The predicted molar refractivity (Wildman–Crippen MR) is 75.2 cm³/mol. The molecule has 1 rings (SSSR count). The number of carboxylic acids is 1. The highest BCUT2D eigenvalue weighted by atomic mass is 35.5. The Balaban J connectivity index is 2.84. The molecule has 110 valence electrons. The van der Waals surface area contributed by atoms with Crippen molar-refractivity contribution in [3.8, 4) is 0 Å². The van der Waals surface area contributed by atoms with E-state index in [4.69, 9.17) is 11.6 Å². The summed E-state index contributed by atoms with van der Waals surface area (Å²) in [6, 6.07) is 3.86. The van der Waals surface area contributed by atoms with E-state index in [1.54, 1.807) is 13.8 Å². The minimum atomic E-state index is -1.20. The molecule has 1 amide bonds. The lowest BCUT2D eigenvalue weighted by molar-refractivity contribution is -0.153. The Kier molecular flexibility index (Phi) is 5.11. The highest BCUT2D eigenvalue weighted by Crippen LogP contribution is 2.32. The minimum absolute atomic E-state index is 0.0177. The second kappa shape index (κ2) is 6.22. The Morgan fingerprint density at radius 3 is 2.50 bits per heavy atom. The van der Waals surface area contributed by atoms with Crippen LogP contribution in [0.3, 0.4) is 0 Å². The van der Waals surface area contributed by atoms with Gasteiger partial charge in [-0.3, -0.25) is 9.59 Å². The number of carbonyl (C=O) groups is 2. The first-order chi connectivity index (χ1) is 9.16. The molecular formula is C14H17ClFNO3. The van der Waals surface area contributed by atoms with Crippen LogP contribution >= 0.6 is 11.6 Å². The van der Waals surface area contributed by atoms with Gasteiger partial charge in [0, 0.05) is 11.4 Å². The van der Waals surface area contributed by atoms with Gasteiger partial charge in [-0.25, -0.2) is 4.39 Å². The van der Waals surface area contributed by atoms with Crippen LogP contribution in [0.4, 0.5) is 10.1 Å². The van der Waals surface area contributed by atoms with Gasteiger partial charge in [-0.1, -0.05) is 25.4 Å². The summed E-state index contributed by atoms with van der Waals surface area (Å²) in [5, 5.41) is 11.8. The van der Waals surface area contributed by atoms with Crippen molar-refractivity contribution in [2.24, 2.45) is 11.3 Å². The fraction of sp³-hybridized carbons (Fsp3) is 0.429. The van der Waals surface area contributed by atoms with Crippen molar-refractivity contribution in [2.45, 2.75) is 27.2 Å². The molecule has 0 radical (unpaired) electrons. The molecule has 1 atom stereocenters. The quantitative estimate of drug-likeness (QED) is 0.874. The van der Waals surface area contributed by atoms with Gasteiger partial charge in [0.15, 0.2) is 0 Å². The average molecular weight is 302 g/mol. The monoisotopic (exact) mass is 301 g/mol. The van der Waals surface area contributed by atoms with Crippen molar-refractivity contribution in [3.63, 3.8) is 0 Å². The van der Waals surface area contributed by atoms with E-state index < -0.39 is 23.1 Å². The van der Waals surface area contributed by atoms with E-state index in [0.29, 0.717) is 0 Å². The molecule has 0 aromatic heterocycles. The molecule has 20 heavy (non-hydrogen) atoms. The molecule has 0 spiro atoms. The van der Waals surface area contributed by atoms with Gasteiger partial charge in [-0.05, 0) is 31.0 Å². The molecule has 0 aliphatic heterocycles. The maximum Gasteiger partial charge on any atom is 0.310 e. The number of hydrogen-bond acceptors (Lipinski definition) is 2. The molecule has 0 aliphatic carbocycles. The molecular weight excluding hydrogens is 285 g/mol. The van der Waals surface area contributed by atoms with Gasteiger partial charge in [-0.2, -0.15) is 0 Å². The summed E-state index contributed by atoms with van der Waals surface area (Å²) in [6.45, 7) is 4.95. The lowest BCUT2D eigenvalue weighted by atomic mass is 9.76. The van der Waals surface area contributed by atoms with Crippen molar-refractivity contribution in [2.75, 3.05) is 5.32 Å². The Labute approximate surface area is 121 Å². The largest absolute Gasteiger partial charge is 0.481 e. The first-order valence-corrected chi connectivity index (χ1v) is 6.53. The molecule has 4 nitrogen and oxygen atoms in total. The van der Waals surface area contributed by atoms with E-state index >= 15 is 0 Å². The number of rotatable bonds is 5. The molecule has 0 heterocycles. The van der Waals surface area contributed by atoms with Crippen LogP contribution in [0.5, 0.6) is 0 Å². The maximum absolute atomic E-state index is 13.5. The smallest absolute Gasteiger partial charge is 0.310 e. The molecule has 0 bridgehead atoms. The Hall–Kier alpha value is -1.62. The summed E-state index contributed by atoms with van der Waals surface area (Å²) in [4.78, 5) is 23.2. The molecule has 0 saturated heterocycles. The fourth-order valence-electron chi connectivity index (χ4n) is 1.65. The fourth-order valence-corrected chi connectivity index (χ4v) is 1.80. The molecule has 0 fully saturated rings. The molecule has 0 aliphatic rings. The molecule has 0 saturated carbocycles. The van der Waals surface area contributed by atoms with Crippen molar-refractivity contribution in [1.29, 1.82) is 0 Å². The zero-order valence-electron chi connectivity index (χ0n) is 11.5. The lowest BCUT2D eigenvalue weighted by Gasteiger charge is -2.28. The van der Waals surface area contributed by atoms with Crippen molar-refractivity contribution in [3.05, 3.63) is 29.0 Å². The third-order valence-corrected chi connectivity index (χ3v) is 3.73. The number of carboxylic acid groups (broad SMARTS) is 1. The summed E-state index contributed by atoms with van der Waals surface area (Å²) in [5.41, 5.74) is -1.22. The number of amides is 1. The van der Waals surface area contributed by atoms with E-state index in [1.165, 1.54) is 19.1 Å². The number of hydrogen-bond donors (Lipinski definition) is 2. The summed E-state index contributed by atoms with van der Waals surface area (Å²) in [6.07, 6.45) is -0.234. The number of benzene rings is 1. The summed E-state index contributed by atoms with van der Waals surface area (Å²) >= 11 is 5.61. The van der Waals surface area contributed by atoms with Crippen LogP contribution < -0.4 is 5.32 Å². The van der Waals surface area contributed by atoms with Crippen LogP contribution in [0.15, 0.2) is 18.2 Å². The second-order valence-corrected chi connectivity index (χ2v) is 5.66. The van der Waals surface area contributed by atoms with Crippen LogP contribution in [0.25, 0.3) is 0 Å². The van der Waals surface area contributed by atoms with E-state index in [2.05, 4.69) is 5.32 Å². The third-order valence-electron chi connectivity index (χ3n) is 3.50. The molecule has 2 N–H and O–H groups in total. The predicted octanol–water partition coefficient (Wildman–Crippen LogP) is 3.55. The second-order valence-electron chi connectivity index (χ2n) is 5.23. The topological polar surface area (TPSA) is 66.4 Å². The van der Waals surface area contributed by atoms with Gasteiger partial charge in [0.2, 0.25) is 5.91 Å². The number of nitrogens with one attached hydrogen (secondary N) is 1. The van der Waals surface area contributed by atoms with Crippen molar-refractivity contribution < 1.29 is 19.1 Å². The van der Waals surface area contributed by atoms with Crippen LogP contribution in [0.2, 0.25) is 5.02 Å². The Morgan fingerprint density at radius 1 is 1.45 bits per heavy atom. The van der Waals surface area contributed by atoms with Crippen LogP contribution in [0, 0.1) is 17.2 Å². The number of halogens is 2. The van der Waals surface area contributed by atoms with E-state index in [1.807, 2.05) is 0 Å². The van der Waals surface area contributed by atoms with Crippen LogP contribution in [-0.4, -0.2) is 17.0 Å². The zero-order chi connectivity index (χ0) is 15.5. The van der Waals surface area contributed by atoms with Gasteiger partial charge >= 0.3 is 5.97 Å². The van der Waals surface area contributed by atoms with Gasteiger partial charge in [0.1, 0.15) is 5.82 Å². The first-order valence-electron chi connectivity index (χ1n) is 6.15. The summed E-state index contributed by atoms with van der Waals surface area (Å²) in [5.74, 6) is -2.50. The molecule has 1 aromatic rings. The van der Waals surface area contributed by atoms with E-state index in [0.717, 1.165) is 6.07 Å². The summed E-state index contributed by atoms with van der Waals surface area (Å²) in [7, 11) is 0. The van der Waals surface area contributed by atoms with Gasteiger partial charge < -0.3 is 10.4 Å². The number of anilines is 1. The first kappa shape index (κ1) is 16.4. The standard InChI is InChI=1S/C14H17ClFNO3/c1-8(2)14(3,13(19)20)7-12(18)17-11-5-4-9(15)6-10(11)16/h4-6,8H,7H2,1-3H3,(H,17,18)(H,19,20). The highest BCUT2D eigenvalue weighted by molar-refractivity contribution is 6.30. The Bertz CT molecular complexity index is 533. The minimum Gasteiger partial charge on any atom is -0.481 e. The summed E-state index contributed by atoms with van der Waals surface area (Å²) < 4.78 is 13.5. The van der Waals surface area contributed by atoms with Crippen LogP contribution in [-0.2, 0) is 9.59 Å². The lowest BCUT2D eigenvalue weighted by Crippen LogP contribution is -2.37. The molecule has 1 unspecified atom stereocenters. The average Bonchev–Trinajstić information content (AvgIpc) is 2.32. The Morgan fingerprint density at radius 2 is 2.05 bits per heavy atom. The highest BCUT2D eigenvalue weighted by Gasteiger charge is 2.38. The number of aliphatic carboxylic acids is 1. The molecule has 6 heteroatoms.